The monoisotopic (exact) mass is 440 g/mol. The van der Waals surface area contributed by atoms with Crippen LogP contribution in [0, 0.1) is 6.92 Å². The number of nitrogens with zero attached hydrogens (tertiary/aromatic N) is 1. The maximum atomic E-state index is 13.3. The standard InChI is InChI=1S/C26H36N2O4/c1-6-22(26(30)27-5)28(18-21-11-9-10-19(4)16-21)25(29)15-13-20-12-14-23(31-7-2)24(17-20)32-8-3/h9-12,14,16-17,22H,6-8,13,15,18H2,1-5H3,(H,27,30). The van der Waals surface area contributed by atoms with Crippen LogP contribution < -0.4 is 14.8 Å². The predicted molar refractivity (Wildman–Crippen MR) is 127 cm³/mol. The average molecular weight is 441 g/mol. The predicted octanol–water partition coefficient (Wildman–Crippen LogP) is 4.28. The molecule has 1 atom stereocenters. The highest BCUT2D eigenvalue weighted by Crippen LogP contribution is 2.29. The first-order valence-electron chi connectivity index (χ1n) is 11.4. The van der Waals surface area contributed by atoms with Crippen molar-refractivity contribution < 1.29 is 19.1 Å². The van der Waals surface area contributed by atoms with E-state index in [4.69, 9.17) is 9.47 Å². The zero-order valence-corrected chi connectivity index (χ0v) is 19.9. The van der Waals surface area contributed by atoms with Gasteiger partial charge in [0, 0.05) is 20.0 Å². The molecule has 1 unspecified atom stereocenters. The molecule has 0 fully saturated rings. The first-order chi connectivity index (χ1) is 15.4. The first kappa shape index (κ1) is 25.2. The topological polar surface area (TPSA) is 67.9 Å². The molecule has 0 radical (unpaired) electrons. The summed E-state index contributed by atoms with van der Waals surface area (Å²) in [6, 6.07) is 13.3. The van der Waals surface area contributed by atoms with Crippen LogP contribution in [0.4, 0.5) is 0 Å². The van der Waals surface area contributed by atoms with Crippen LogP contribution in [-0.4, -0.2) is 43.0 Å². The van der Waals surface area contributed by atoms with E-state index in [9.17, 15) is 9.59 Å². The Morgan fingerprint density at radius 1 is 0.969 bits per heavy atom. The second-order valence-corrected chi connectivity index (χ2v) is 7.70. The molecule has 6 heteroatoms. The van der Waals surface area contributed by atoms with E-state index in [1.165, 1.54) is 0 Å². The summed E-state index contributed by atoms with van der Waals surface area (Å²) in [5.74, 6) is 1.20. The van der Waals surface area contributed by atoms with Crippen LogP contribution in [0.3, 0.4) is 0 Å². The number of hydrogen-bond acceptors (Lipinski definition) is 4. The number of carbonyl (C=O) groups is 2. The normalized spacial score (nSPS) is 11.5. The molecule has 32 heavy (non-hydrogen) atoms. The smallest absolute Gasteiger partial charge is 0.242 e. The van der Waals surface area contributed by atoms with Crippen LogP contribution in [0.25, 0.3) is 0 Å². The zero-order valence-electron chi connectivity index (χ0n) is 19.9. The molecule has 2 rings (SSSR count). The summed E-state index contributed by atoms with van der Waals surface area (Å²) >= 11 is 0. The van der Waals surface area contributed by atoms with Crippen LogP contribution in [0.1, 0.15) is 50.3 Å². The fraction of sp³-hybridized carbons (Fsp3) is 0.462. The van der Waals surface area contributed by atoms with Crippen molar-refractivity contribution >= 4 is 11.8 Å². The minimum atomic E-state index is -0.507. The van der Waals surface area contributed by atoms with E-state index in [1.54, 1.807) is 11.9 Å². The highest BCUT2D eigenvalue weighted by atomic mass is 16.5. The lowest BCUT2D eigenvalue weighted by Crippen LogP contribution is -2.48. The zero-order chi connectivity index (χ0) is 23.5. The Morgan fingerprint density at radius 2 is 1.69 bits per heavy atom. The minimum absolute atomic E-state index is 0.0474. The summed E-state index contributed by atoms with van der Waals surface area (Å²) in [6.07, 6.45) is 1.41. The van der Waals surface area contributed by atoms with Crippen molar-refractivity contribution in [2.24, 2.45) is 0 Å². The quantitative estimate of drug-likeness (QED) is 0.535. The van der Waals surface area contributed by atoms with Gasteiger partial charge in [0.25, 0.3) is 0 Å². The molecule has 0 heterocycles. The lowest BCUT2D eigenvalue weighted by atomic mass is 10.0. The van der Waals surface area contributed by atoms with Crippen molar-refractivity contribution in [1.82, 2.24) is 10.2 Å². The highest BCUT2D eigenvalue weighted by molar-refractivity contribution is 5.87. The van der Waals surface area contributed by atoms with Crippen molar-refractivity contribution in [3.63, 3.8) is 0 Å². The Kier molecular flexibility index (Phi) is 10.1. The van der Waals surface area contributed by atoms with Gasteiger partial charge in [-0.15, -0.1) is 0 Å². The molecular formula is C26H36N2O4. The molecule has 0 saturated carbocycles. The molecule has 174 valence electrons. The molecular weight excluding hydrogens is 404 g/mol. The highest BCUT2D eigenvalue weighted by Gasteiger charge is 2.27. The third-order valence-electron chi connectivity index (χ3n) is 5.30. The number of hydrogen-bond donors (Lipinski definition) is 1. The van der Waals surface area contributed by atoms with E-state index in [0.717, 1.165) is 16.7 Å². The molecule has 0 saturated heterocycles. The van der Waals surface area contributed by atoms with E-state index in [1.807, 2.05) is 64.1 Å². The fourth-order valence-corrected chi connectivity index (χ4v) is 3.74. The third kappa shape index (κ3) is 7.01. The fourth-order valence-electron chi connectivity index (χ4n) is 3.74. The summed E-state index contributed by atoms with van der Waals surface area (Å²) < 4.78 is 11.3. The van der Waals surface area contributed by atoms with Crippen molar-refractivity contribution in [3.05, 3.63) is 59.2 Å². The third-order valence-corrected chi connectivity index (χ3v) is 5.30. The number of aryl methyl sites for hydroxylation is 2. The Hall–Kier alpha value is -3.02. The molecule has 0 aliphatic heterocycles. The summed E-state index contributed by atoms with van der Waals surface area (Å²) in [5.41, 5.74) is 3.13. The van der Waals surface area contributed by atoms with Gasteiger partial charge < -0.3 is 19.7 Å². The lowest BCUT2D eigenvalue weighted by Gasteiger charge is -2.30. The molecule has 0 aromatic heterocycles. The van der Waals surface area contributed by atoms with Crippen molar-refractivity contribution in [1.29, 1.82) is 0 Å². The summed E-state index contributed by atoms with van der Waals surface area (Å²) in [5, 5.41) is 2.70. The number of rotatable bonds is 12. The first-order valence-corrected chi connectivity index (χ1v) is 11.4. The Balaban J connectivity index is 2.20. The number of amides is 2. The minimum Gasteiger partial charge on any atom is -0.490 e. The van der Waals surface area contributed by atoms with Crippen molar-refractivity contribution in [3.8, 4) is 11.5 Å². The van der Waals surface area contributed by atoms with Crippen molar-refractivity contribution in [2.75, 3.05) is 20.3 Å². The van der Waals surface area contributed by atoms with E-state index in [2.05, 4.69) is 11.4 Å². The SMILES string of the molecule is CCOc1ccc(CCC(=O)N(Cc2cccc(C)c2)C(CC)C(=O)NC)cc1OCC. The summed E-state index contributed by atoms with van der Waals surface area (Å²) in [7, 11) is 1.61. The molecule has 6 nitrogen and oxygen atoms in total. The van der Waals surface area contributed by atoms with Gasteiger partial charge in [0.1, 0.15) is 6.04 Å². The maximum absolute atomic E-state index is 13.3. The van der Waals surface area contributed by atoms with Crippen LogP contribution >= 0.6 is 0 Å². The lowest BCUT2D eigenvalue weighted by molar-refractivity contribution is -0.141. The summed E-state index contributed by atoms with van der Waals surface area (Å²) in [4.78, 5) is 27.5. The van der Waals surface area contributed by atoms with Gasteiger partial charge in [-0.3, -0.25) is 9.59 Å². The van der Waals surface area contributed by atoms with Crippen LogP contribution in [-0.2, 0) is 22.6 Å². The number of ether oxygens (including phenoxy) is 2. The molecule has 0 spiro atoms. The number of benzene rings is 2. The molecule has 0 aliphatic carbocycles. The van der Waals surface area contributed by atoms with E-state index in [-0.39, 0.29) is 11.8 Å². The number of likely N-dealkylation sites (N-methyl/N-ethyl adjacent to an activating group) is 1. The largest absolute Gasteiger partial charge is 0.490 e. The summed E-state index contributed by atoms with van der Waals surface area (Å²) in [6.45, 7) is 9.31. The van der Waals surface area contributed by atoms with Gasteiger partial charge in [-0.25, -0.2) is 0 Å². The van der Waals surface area contributed by atoms with Gasteiger partial charge >= 0.3 is 0 Å². The van der Waals surface area contributed by atoms with Gasteiger partial charge in [0.2, 0.25) is 11.8 Å². The molecule has 0 bridgehead atoms. The van der Waals surface area contributed by atoms with Crippen LogP contribution in [0.5, 0.6) is 11.5 Å². The Morgan fingerprint density at radius 3 is 2.31 bits per heavy atom. The molecule has 2 aromatic rings. The molecule has 1 N–H and O–H groups in total. The van der Waals surface area contributed by atoms with Gasteiger partial charge in [-0.2, -0.15) is 0 Å². The van der Waals surface area contributed by atoms with Gasteiger partial charge in [0.15, 0.2) is 11.5 Å². The number of carbonyl (C=O) groups excluding carboxylic acids is 2. The second kappa shape index (κ2) is 12.7. The average Bonchev–Trinajstić information content (AvgIpc) is 2.79. The van der Waals surface area contributed by atoms with E-state index >= 15 is 0 Å². The van der Waals surface area contributed by atoms with Crippen LogP contribution in [0.2, 0.25) is 0 Å². The number of nitrogens with one attached hydrogen (secondary N) is 1. The Bertz CT molecular complexity index is 897. The van der Waals surface area contributed by atoms with Gasteiger partial charge in [0.05, 0.1) is 13.2 Å². The van der Waals surface area contributed by atoms with Crippen molar-refractivity contribution in [2.45, 2.75) is 59.5 Å². The molecule has 2 amide bonds. The van der Waals surface area contributed by atoms with Gasteiger partial charge in [-0.05, 0) is 56.9 Å². The molecule has 2 aromatic carbocycles. The maximum Gasteiger partial charge on any atom is 0.242 e. The van der Waals surface area contributed by atoms with Gasteiger partial charge in [-0.1, -0.05) is 42.8 Å². The Labute approximate surface area is 191 Å². The van der Waals surface area contributed by atoms with Crippen LogP contribution in [0.15, 0.2) is 42.5 Å². The van der Waals surface area contributed by atoms with E-state index < -0.39 is 6.04 Å². The second-order valence-electron chi connectivity index (χ2n) is 7.70. The molecule has 0 aliphatic rings. The van der Waals surface area contributed by atoms with E-state index in [0.29, 0.717) is 50.5 Å².